The number of nitrogens with zero attached hydrogens (tertiary/aromatic N) is 3. The van der Waals surface area contributed by atoms with Crippen molar-refractivity contribution in [3.63, 3.8) is 0 Å². The molecule has 1 fully saturated rings. The van der Waals surface area contributed by atoms with Crippen LogP contribution in [0.3, 0.4) is 0 Å². The highest BCUT2D eigenvalue weighted by molar-refractivity contribution is 6.31. The third-order valence-corrected chi connectivity index (χ3v) is 6.02. The number of likely N-dealkylation sites (N-methyl/N-ethyl adjacent to an activating group) is 1. The molecule has 1 aliphatic rings. The predicted molar refractivity (Wildman–Crippen MR) is 140 cm³/mol. The van der Waals surface area contributed by atoms with Gasteiger partial charge in [0.05, 0.1) is 22.8 Å². The molecule has 1 saturated heterocycles. The minimum atomic E-state index is -0.506. The van der Waals surface area contributed by atoms with E-state index in [4.69, 9.17) is 21.1 Å². The molecule has 2 N–H and O–H groups in total. The van der Waals surface area contributed by atoms with E-state index in [0.717, 1.165) is 26.1 Å². The van der Waals surface area contributed by atoms with Gasteiger partial charge in [0, 0.05) is 43.0 Å². The molecule has 0 radical (unpaired) electrons. The lowest BCUT2D eigenvalue weighted by molar-refractivity contribution is -0.111. The Morgan fingerprint density at radius 3 is 2.81 bits per heavy atom. The van der Waals surface area contributed by atoms with Gasteiger partial charge in [0.15, 0.2) is 0 Å². The monoisotopic (exact) mass is 513 g/mol. The maximum atomic E-state index is 13.6. The first kappa shape index (κ1) is 25.8. The second-order valence-corrected chi connectivity index (χ2v) is 9.27. The van der Waals surface area contributed by atoms with Crippen molar-refractivity contribution in [1.82, 2.24) is 14.9 Å². The zero-order valence-electron chi connectivity index (χ0n) is 20.3. The van der Waals surface area contributed by atoms with Crippen LogP contribution in [0.5, 0.6) is 5.75 Å². The van der Waals surface area contributed by atoms with Crippen molar-refractivity contribution in [2.45, 2.75) is 12.8 Å². The van der Waals surface area contributed by atoms with E-state index in [2.05, 4.69) is 20.6 Å². The molecular weight excluding hydrogens is 485 g/mol. The molecule has 10 heteroatoms. The van der Waals surface area contributed by atoms with Gasteiger partial charge in [0.1, 0.15) is 23.7 Å². The first-order chi connectivity index (χ1) is 17.4. The van der Waals surface area contributed by atoms with Crippen molar-refractivity contribution in [2.24, 2.45) is 5.92 Å². The van der Waals surface area contributed by atoms with Crippen molar-refractivity contribution in [2.75, 3.05) is 51.1 Å². The van der Waals surface area contributed by atoms with Crippen LogP contribution < -0.4 is 15.4 Å². The maximum absolute atomic E-state index is 13.6. The molecule has 1 amide bonds. The van der Waals surface area contributed by atoms with E-state index in [9.17, 15) is 9.18 Å². The number of rotatable bonds is 9. The summed E-state index contributed by atoms with van der Waals surface area (Å²) >= 11 is 5.93. The van der Waals surface area contributed by atoms with E-state index in [1.807, 2.05) is 19.0 Å². The summed E-state index contributed by atoms with van der Waals surface area (Å²) in [5.74, 6) is 0.608. The van der Waals surface area contributed by atoms with Crippen molar-refractivity contribution < 1.29 is 18.7 Å². The third-order valence-electron chi connectivity index (χ3n) is 5.73. The first-order valence-corrected chi connectivity index (χ1v) is 12.1. The molecule has 2 aromatic carbocycles. The van der Waals surface area contributed by atoms with Gasteiger partial charge in [-0.15, -0.1) is 0 Å². The molecule has 1 aromatic heterocycles. The topological polar surface area (TPSA) is 88.6 Å². The van der Waals surface area contributed by atoms with Crippen molar-refractivity contribution in [3.8, 4) is 5.75 Å². The number of nitrogens with one attached hydrogen (secondary N) is 2. The first-order valence-electron chi connectivity index (χ1n) is 11.7. The minimum Gasteiger partial charge on any atom is -0.491 e. The Balaban J connectivity index is 1.64. The normalized spacial score (nSPS) is 14.5. The molecular formula is C26H29ClFN5O3. The van der Waals surface area contributed by atoms with E-state index in [1.165, 1.54) is 24.5 Å². The van der Waals surface area contributed by atoms with Crippen LogP contribution in [0.15, 0.2) is 48.8 Å². The molecule has 0 saturated carbocycles. The summed E-state index contributed by atoms with van der Waals surface area (Å²) in [7, 11) is 3.85. The predicted octanol–water partition coefficient (Wildman–Crippen LogP) is 5.03. The highest BCUT2D eigenvalue weighted by Crippen LogP contribution is 2.34. The van der Waals surface area contributed by atoms with Gasteiger partial charge < -0.3 is 25.0 Å². The van der Waals surface area contributed by atoms with Crippen LogP contribution in [0.2, 0.25) is 5.02 Å². The molecule has 1 aliphatic heterocycles. The number of carbonyl (C=O) groups excluding carboxylic acids is 1. The Bertz CT molecular complexity index is 1250. The molecule has 2 heterocycles. The number of benzene rings is 2. The zero-order chi connectivity index (χ0) is 25.5. The minimum absolute atomic E-state index is 0.000348. The van der Waals surface area contributed by atoms with E-state index in [-0.39, 0.29) is 10.9 Å². The van der Waals surface area contributed by atoms with Crippen LogP contribution in [0, 0.1) is 11.7 Å². The summed E-state index contributed by atoms with van der Waals surface area (Å²) in [5.41, 5.74) is 1.70. The molecule has 36 heavy (non-hydrogen) atoms. The van der Waals surface area contributed by atoms with Crippen molar-refractivity contribution in [3.05, 3.63) is 59.7 Å². The van der Waals surface area contributed by atoms with Gasteiger partial charge in [0.2, 0.25) is 5.91 Å². The SMILES string of the molecule is CN(C)CC=CC(=O)Nc1cc2c(Nc3ccc(F)c(Cl)c3)ncnc2cc1OCC1CCOCC1. The molecule has 0 aliphatic carbocycles. The molecule has 190 valence electrons. The highest BCUT2D eigenvalue weighted by Gasteiger charge is 2.18. The molecule has 0 spiro atoms. The molecule has 0 bridgehead atoms. The maximum Gasteiger partial charge on any atom is 0.248 e. The van der Waals surface area contributed by atoms with Crippen molar-refractivity contribution >= 4 is 45.6 Å². The third kappa shape index (κ3) is 6.90. The Kier molecular flexibility index (Phi) is 8.69. The molecule has 0 unspecified atom stereocenters. The molecule has 8 nitrogen and oxygen atoms in total. The number of amides is 1. The Morgan fingerprint density at radius 2 is 2.06 bits per heavy atom. The number of aromatic nitrogens is 2. The van der Waals surface area contributed by atoms with Crippen LogP contribution in [-0.4, -0.2) is 61.2 Å². The number of anilines is 3. The summed E-state index contributed by atoms with van der Waals surface area (Å²) in [4.78, 5) is 23.3. The van der Waals surface area contributed by atoms with Gasteiger partial charge in [-0.25, -0.2) is 14.4 Å². The standard InChI is InChI=1S/C26H29ClFN5O3/c1-33(2)9-3-4-25(34)32-23-13-19-22(14-24(23)36-15-17-7-10-35-11-8-17)29-16-30-26(19)31-18-5-6-21(28)20(27)12-18/h3-6,12-14,16-17H,7-11,15H2,1-2H3,(H,32,34)(H,29,30,31). The van der Waals surface area contributed by atoms with Gasteiger partial charge in [-0.3, -0.25) is 4.79 Å². The van der Waals surface area contributed by atoms with Crippen LogP contribution in [0.4, 0.5) is 21.6 Å². The summed E-state index contributed by atoms with van der Waals surface area (Å²) in [6, 6.07) is 7.90. The summed E-state index contributed by atoms with van der Waals surface area (Å²) in [5, 5.41) is 6.74. The lowest BCUT2D eigenvalue weighted by atomic mass is 10.0. The molecule has 0 atom stereocenters. The fourth-order valence-electron chi connectivity index (χ4n) is 3.78. The fourth-order valence-corrected chi connectivity index (χ4v) is 3.96. The Labute approximate surface area is 214 Å². The van der Waals surface area contributed by atoms with Gasteiger partial charge in [-0.1, -0.05) is 17.7 Å². The summed E-state index contributed by atoms with van der Waals surface area (Å²) in [6.07, 6.45) is 6.57. The van der Waals surface area contributed by atoms with Gasteiger partial charge in [-0.05, 0) is 57.1 Å². The number of ether oxygens (including phenoxy) is 2. The highest BCUT2D eigenvalue weighted by atomic mass is 35.5. The molecule has 4 rings (SSSR count). The van der Waals surface area contributed by atoms with Crippen LogP contribution in [-0.2, 0) is 9.53 Å². The Hall–Kier alpha value is -3.27. The average Bonchev–Trinajstić information content (AvgIpc) is 2.86. The van der Waals surface area contributed by atoms with E-state index >= 15 is 0 Å². The quantitative estimate of drug-likeness (QED) is 0.388. The number of halogens is 2. The van der Waals surface area contributed by atoms with Gasteiger partial charge in [0.25, 0.3) is 0 Å². The largest absolute Gasteiger partial charge is 0.491 e. The smallest absolute Gasteiger partial charge is 0.248 e. The van der Waals surface area contributed by atoms with Crippen LogP contribution in [0.25, 0.3) is 10.9 Å². The summed E-state index contributed by atoms with van der Waals surface area (Å²) in [6.45, 7) is 2.60. The second-order valence-electron chi connectivity index (χ2n) is 8.86. The molecule has 3 aromatic rings. The number of carbonyl (C=O) groups is 1. The van der Waals surface area contributed by atoms with Crippen LogP contribution in [0.1, 0.15) is 12.8 Å². The average molecular weight is 514 g/mol. The van der Waals surface area contributed by atoms with E-state index in [1.54, 1.807) is 24.3 Å². The number of hydrogen-bond acceptors (Lipinski definition) is 7. The van der Waals surface area contributed by atoms with Crippen molar-refractivity contribution in [1.29, 1.82) is 0 Å². The summed E-state index contributed by atoms with van der Waals surface area (Å²) < 4.78 is 25.2. The lowest BCUT2D eigenvalue weighted by Crippen LogP contribution is -2.22. The lowest BCUT2D eigenvalue weighted by Gasteiger charge is -2.23. The van der Waals surface area contributed by atoms with Gasteiger partial charge in [-0.2, -0.15) is 0 Å². The number of fused-ring (bicyclic) bond motifs is 1. The fraction of sp³-hybridized carbons (Fsp3) is 0.346. The zero-order valence-corrected chi connectivity index (χ0v) is 21.0. The second kappa shape index (κ2) is 12.1. The van der Waals surface area contributed by atoms with Crippen LogP contribution >= 0.6 is 11.6 Å². The number of hydrogen-bond donors (Lipinski definition) is 2. The van der Waals surface area contributed by atoms with Gasteiger partial charge >= 0.3 is 0 Å². The Morgan fingerprint density at radius 1 is 1.25 bits per heavy atom. The van der Waals surface area contributed by atoms with E-state index in [0.29, 0.717) is 52.9 Å². The van der Waals surface area contributed by atoms with E-state index < -0.39 is 5.82 Å².